The molecule has 0 aliphatic carbocycles. The quantitative estimate of drug-likeness (QED) is 0.432. The van der Waals surface area contributed by atoms with Crippen molar-refractivity contribution < 1.29 is 19.7 Å². The molecule has 1 heterocycles. The summed E-state index contributed by atoms with van der Waals surface area (Å²) in [6.07, 6.45) is 0. The van der Waals surface area contributed by atoms with Gasteiger partial charge in [0.2, 0.25) is 0 Å². The molecule has 1 fully saturated rings. The van der Waals surface area contributed by atoms with Crippen molar-refractivity contribution in [3.05, 3.63) is 54.1 Å². The number of amidine groups is 1. The lowest BCUT2D eigenvalue weighted by atomic mass is 9.97. The summed E-state index contributed by atoms with van der Waals surface area (Å²) >= 11 is 0. The van der Waals surface area contributed by atoms with Crippen LogP contribution in [0.25, 0.3) is 5.70 Å². The first-order valence-corrected chi connectivity index (χ1v) is 10.1. The molecular weight excluding hydrogens is 396 g/mol. The van der Waals surface area contributed by atoms with Gasteiger partial charge in [-0.05, 0) is 41.8 Å². The molecule has 2 aromatic rings. The van der Waals surface area contributed by atoms with E-state index in [1.165, 1.54) is 11.0 Å². The van der Waals surface area contributed by atoms with Gasteiger partial charge in [-0.3, -0.25) is 15.1 Å². The van der Waals surface area contributed by atoms with Gasteiger partial charge in [-0.15, -0.1) is 0 Å². The molecule has 0 spiro atoms. The van der Waals surface area contributed by atoms with E-state index < -0.39 is 11.7 Å². The molecule has 8 nitrogen and oxygen atoms in total. The first-order valence-electron chi connectivity index (χ1n) is 10.1. The molecule has 0 saturated carbocycles. The van der Waals surface area contributed by atoms with Crippen LogP contribution < -0.4 is 15.5 Å². The number of carbonyl (C=O) groups is 1. The molecule has 3 rings (SSSR count). The average molecular weight is 425 g/mol. The number of anilines is 2. The molecule has 1 amide bonds. The molecule has 1 saturated heterocycles. The number of hydrogen-bond donors (Lipinski definition) is 4. The highest BCUT2D eigenvalue weighted by Crippen LogP contribution is 2.38. The number of rotatable bonds is 5. The van der Waals surface area contributed by atoms with Crippen LogP contribution in [-0.4, -0.2) is 48.3 Å². The fraction of sp³-hybridized carbons (Fsp3) is 0.304. The van der Waals surface area contributed by atoms with Crippen molar-refractivity contribution in [1.29, 1.82) is 5.41 Å². The second kappa shape index (κ2) is 9.09. The first kappa shape index (κ1) is 22.2. The Balaban J connectivity index is 2.00. The Hall–Kier alpha value is -3.52. The maximum absolute atomic E-state index is 11.9. The van der Waals surface area contributed by atoms with Crippen molar-refractivity contribution in [2.24, 2.45) is 5.73 Å². The van der Waals surface area contributed by atoms with E-state index in [1.54, 1.807) is 18.2 Å². The summed E-state index contributed by atoms with van der Waals surface area (Å²) in [5.41, 5.74) is 8.01. The Kier molecular flexibility index (Phi) is 6.50. The van der Waals surface area contributed by atoms with Gasteiger partial charge in [-0.2, -0.15) is 0 Å². The molecule has 5 N–H and O–H groups in total. The third-order valence-electron chi connectivity index (χ3n) is 5.29. The van der Waals surface area contributed by atoms with Crippen molar-refractivity contribution in [2.45, 2.75) is 19.8 Å². The van der Waals surface area contributed by atoms with Gasteiger partial charge in [0.05, 0.1) is 18.9 Å². The van der Waals surface area contributed by atoms with Crippen LogP contribution in [0.4, 0.5) is 11.4 Å². The fourth-order valence-corrected chi connectivity index (χ4v) is 3.57. The van der Waals surface area contributed by atoms with Crippen LogP contribution in [0.15, 0.2) is 43.0 Å². The summed E-state index contributed by atoms with van der Waals surface area (Å²) in [6.45, 7) is 10.7. The number of nitrogens with one attached hydrogen (secondary N) is 1. The summed E-state index contributed by atoms with van der Waals surface area (Å²) in [6, 6.07) is 10.2. The van der Waals surface area contributed by atoms with Gasteiger partial charge in [0.25, 0.3) is 5.91 Å². The lowest BCUT2D eigenvalue weighted by molar-refractivity contribution is -0.112. The van der Waals surface area contributed by atoms with E-state index in [4.69, 9.17) is 15.9 Å². The highest BCUT2D eigenvalue weighted by molar-refractivity contribution is 6.43. The van der Waals surface area contributed by atoms with Gasteiger partial charge in [0, 0.05) is 36.1 Å². The smallest absolute Gasteiger partial charge is 0.284 e. The predicted octanol–water partition coefficient (Wildman–Crippen LogP) is 3.00. The second-order valence-corrected chi connectivity index (χ2v) is 7.69. The lowest BCUT2D eigenvalue weighted by Crippen LogP contribution is -2.39. The zero-order chi connectivity index (χ0) is 22.7. The number of ether oxygens (including phenoxy) is 1. The van der Waals surface area contributed by atoms with Gasteiger partial charge >= 0.3 is 0 Å². The molecule has 1 aliphatic rings. The number of morpholine rings is 1. The van der Waals surface area contributed by atoms with Crippen molar-refractivity contribution in [1.82, 2.24) is 0 Å². The maximum Gasteiger partial charge on any atom is 0.284 e. The molecule has 0 atom stereocenters. The Morgan fingerprint density at radius 3 is 2.32 bits per heavy atom. The normalized spacial score (nSPS) is 13.8. The lowest BCUT2D eigenvalue weighted by Gasteiger charge is -2.30. The zero-order valence-electron chi connectivity index (χ0n) is 17.8. The predicted molar refractivity (Wildman–Crippen MR) is 122 cm³/mol. The van der Waals surface area contributed by atoms with Crippen molar-refractivity contribution in [3.63, 3.8) is 0 Å². The Labute approximate surface area is 181 Å². The van der Waals surface area contributed by atoms with E-state index in [0.29, 0.717) is 30.0 Å². The molecule has 0 aromatic heterocycles. The van der Waals surface area contributed by atoms with Crippen LogP contribution in [0.2, 0.25) is 0 Å². The molecule has 31 heavy (non-hydrogen) atoms. The topological polar surface area (TPSA) is 123 Å². The van der Waals surface area contributed by atoms with Gasteiger partial charge in [-0.25, -0.2) is 0 Å². The number of aromatic hydroxyl groups is 2. The largest absolute Gasteiger partial charge is 0.508 e. The number of carbonyl (C=O) groups excluding carboxylic acids is 1. The van der Waals surface area contributed by atoms with Crippen molar-refractivity contribution in [2.75, 3.05) is 36.1 Å². The minimum absolute atomic E-state index is 0.0102. The van der Waals surface area contributed by atoms with Gasteiger partial charge in [-0.1, -0.05) is 20.4 Å². The molecule has 2 aromatic carbocycles. The first-order chi connectivity index (χ1) is 14.7. The third-order valence-corrected chi connectivity index (χ3v) is 5.29. The number of nitrogens with two attached hydrogens (primary N) is 1. The summed E-state index contributed by atoms with van der Waals surface area (Å²) < 4.78 is 5.38. The van der Waals surface area contributed by atoms with E-state index in [2.05, 4.69) is 11.5 Å². The summed E-state index contributed by atoms with van der Waals surface area (Å²) in [5.74, 6) is -1.66. The van der Waals surface area contributed by atoms with E-state index in [1.807, 2.05) is 26.0 Å². The van der Waals surface area contributed by atoms with Crippen LogP contribution in [0.1, 0.15) is 30.9 Å². The SMILES string of the molecule is C=C(c1cc(C(C)C)c(O)cc1O)N(C(=N)C(N)=O)c1ccc(N2CCOCC2)cc1. The highest BCUT2D eigenvalue weighted by Gasteiger charge is 2.24. The number of phenols is 2. The third kappa shape index (κ3) is 4.64. The average Bonchev–Trinajstić information content (AvgIpc) is 2.74. The molecule has 164 valence electrons. The fourth-order valence-electron chi connectivity index (χ4n) is 3.57. The van der Waals surface area contributed by atoms with E-state index in [-0.39, 0.29) is 23.1 Å². The molecule has 1 aliphatic heterocycles. The Morgan fingerprint density at radius 2 is 1.77 bits per heavy atom. The summed E-state index contributed by atoms with van der Waals surface area (Å²) in [4.78, 5) is 15.3. The summed E-state index contributed by atoms with van der Waals surface area (Å²) in [5, 5.41) is 28.8. The van der Waals surface area contributed by atoms with Gasteiger partial charge in [0.15, 0.2) is 5.84 Å². The number of amides is 1. The Morgan fingerprint density at radius 1 is 1.16 bits per heavy atom. The number of primary amides is 1. The molecule has 0 radical (unpaired) electrons. The van der Waals surface area contributed by atoms with E-state index >= 15 is 0 Å². The Bertz CT molecular complexity index is 995. The van der Waals surface area contributed by atoms with Gasteiger partial charge < -0.3 is 25.6 Å². The number of phenolic OH excluding ortho intramolecular Hbond substituents is 2. The van der Waals surface area contributed by atoms with Crippen LogP contribution in [0, 0.1) is 5.41 Å². The number of benzene rings is 2. The van der Waals surface area contributed by atoms with Crippen LogP contribution in [0.5, 0.6) is 11.5 Å². The maximum atomic E-state index is 11.9. The monoisotopic (exact) mass is 424 g/mol. The standard InChI is InChI=1S/C23H28N4O4/c1-14(2)18-12-19(21(29)13-20(18)28)15(3)27(22(24)23(25)30)17-6-4-16(5-7-17)26-8-10-31-11-9-26/h4-7,12-14,24,28-29H,3,8-11H2,1-2H3,(H2,25,30). The minimum atomic E-state index is -0.930. The number of hydrogen-bond acceptors (Lipinski definition) is 6. The second-order valence-electron chi connectivity index (χ2n) is 7.69. The van der Waals surface area contributed by atoms with Crippen molar-refractivity contribution in [3.8, 4) is 11.5 Å². The van der Waals surface area contributed by atoms with E-state index in [9.17, 15) is 15.0 Å². The van der Waals surface area contributed by atoms with Crippen LogP contribution >= 0.6 is 0 Å². The van der Waals surface area contributed by atoms with E-state index in [0.717, 1.165) is 18.8 Å². The van der Waals surface area contributed by atoms with Crippen LogP contribution in [0.3, 0.4) is 0 Å². The van der Waals surface area contributed by atoms with Gasteiger partial charge in [0.1, 0.15) is 11.5 Å². The molecular formula is C23H28N4O4. The summed E-state index contributed by atoms with van der Waals surface area (Å²) in [7, 11) is 0. The minimum Gasteiger partial charge on any atom is -0.508 e. The van der Waals surface area contributed by atoms with Crippen LogP contribution in [-0.2, 0) is 9.53 Å². The number of nitrogens with zero attached hydrogens (tertiary/aromatic N) is 2. The van der Waals surface area contributed by atoms with Crippen molar-refractivity contribution >= 4 is 28.8 Å². The molecule has 0 bridgehead atoms. The molecule has 0 unspecified atom stereocenters. The highest BCUT2D eigenvalue weighted by atomic mass is 16.5. The zero-order valence-corrected chi connectivity index (χ0v) is 17.8. The molecule has 8 heteroatoms.